The Kier molecular flexibility index (Phi) is 3.30. The van der Waals surface area contributed by atoms with Gasteiger partial charge in [0.2, 0.25) is 0 Å². The SMILES string of the molecule is CC(N)Cc1cc2c(cc1Cl)OC(F)(F)C(F)(F)O2. The molecule has 0 amide bonds. The highest BCUT2D eigenvalue weighted by molar-refractivity contribution is 6.31. The first kappa shape index (κ1) is 14.2. The third-order valence-electron chi connectivity index (χ3n) is 2.47. The van der Waals surface area contributed by atoms with E-state index in [4.69, 9.17) is 17.3 Å². The molecule has 106 valence electrons. The van der Waals surface area contributed by atoms with Gasteiger partial charge in [-0.15, -0.1) is 0 Å². The van der Waals surface area contributed by atoms with Crippen LogP contribution in [0.15, 0.2) is 12.1 Å². The van der Waals surface area contributed by atoms with E-state index in [9.17, 15) is 17.6 Å². The van der Waals surface area contributed by atoms with Crippen LogP contribution in [0.5, 0.6) is 11.5 Å². The van der Waals surface area contributed by atoms with Gasteiger partial charge in [0.1, 0.15) is 0 Å². The summed E-state index contributed by atoms with van der Waals surface area (Å²) >= 11 is 5.85. The average molecular weight is 300 g/mol. The second-order valence-corrected chi connectivity index (χ2v) is 4.72. The topological polar surface area (TPSA) is 44.5 Å². The predicted molar refractivity (Wildman–Crippen MR) is 60.0 cm³/mol. The Balaban J connectivity index is 2.42. The number of hydrogen-bond acceptors (Lipinski definition) is 3. The molecular formula is C11H10ClF4NO2. The van der Waals surface area contributed by atoms with E-state index in [1.807, 2.05) is 0 Å². The van der Waals surface area contributed by atoms with Crippen LogP contribution in [-0.4, -0.2) is 18.3 Å². The van der Waals surface area contributed by atoms with Crippen molar-refractivity contribution >= 4 is 11.6 Å². The lowest BCUT2D eigenvalue weighted by molar-refractivity contribution is -0.391. The van der Waals surface area contributed by atoms with Crippen molar-refractivity contribution in [3.63, 3.8) is 0 Å². The van der Waals surface area contributed by atoms with E-state index in [0.29, 0.717) is 5.56 Å². The number of ether oxygens (including phenoxy) is 2. The Morgan fingerprint density at radius 3 is 2.11 bits per heavy atom. The molecule has 1 aromatic carbocycles. The molecule has 2 N–H and O–H groups in total. The van der Waals surface area contributed by atoms with E-state index < -0.39 is 23.7 Å². The second kappa shape index (κ2) is 4.42. The fourth-order valence-electron chi connectivity index (χ4n) is 1.64. The molecule has 0 spiro atoms. The molecule has 0 aromatic heterocycles. The van der Waals surface area contributed by atoms with E-state index in [1.54, 1.807) is 6.92 Å². The second-order valence-electron chi connectivity index (χ2n) is 4.31. The van der Waals surface area contributed by atoms with Crippen LogP contribution in [0.4, 0.5) is 17.6 Å². The molecule has 8 heteroatoms. The summed E-state index contributed by atoms with van der Waals surface area (Å²) in [6.07, 6.45) is -9.19. The minimum atomic E-state index is -4.74. The molecule has 3 nitrogen and oxygen atoms in total. The summed E-state index contributed by atoms with van der Waals surface area (Å²) in [5, 5.41) is 0.0978. The molecule has 1 heterocycles. The zero-order valence-corrected chi connectivity index (χ0v) is 10.5. The molecule has 0 aliphatic carbocycles. The van der Waals surface area contributed by atoms with Crippen LogP contribution in [0.2, 0.25) is 5.02 Å². The highest BCUT2D eigenvalue weighted by Gasteiger charge is 2.66. The van der Waals surface area contributed by atoms with Crippen LogP contribution in [0.25, 0.3) is 0 Å². The zero-order chi connectivity index (χ0) is 14.4. The molecule has 1 unspecified atom stereocenters. The summed E-state index contributed by atoms with van der Waals surface area (Å²) in [5.41, 5.74) is 5.98. The van der Waals surface area contributed by atoms with E-state index >= 15 is 0 Å². The first-order valence-corrected chi connectivity index (χ1v) is 5.72. The van der Waals surface area contributed by atoms with Gasteiger partial charge >= 0.3 is 12.2 Å². The molecule has 2 rings (SSSR count). The van der Waals surface area contributed by atoms with Gasteiger partial charge in [0.25, 0.3) is 0 Å². The van der Waals surface area contributed by atoms with Crippen molar-refractivity contribution in [1.29, 1.82) is 0 Å². The molecular weight excluding hydrogens is 290 g/mol. The molecule has 0 bridgehead atoms. The maximum absolute atomic E-state index is 13.0. The van der Waals surface area contributed by atoms with Gasteiger partial charge in [0.15, 0.2) is 11.5 Å². The van der Waals surface area contributed by atoms with Gasteiger partial charge in [0, 0.05) is 17.1 Å². The van der Waals surface area contributed by atoms with Crippen molar-refractivity contribution in [3.8, 4) is 11.5 Å². The molecule has 0 radical (unpaired) electrons. The van der Waals surface area contributed by atoms with Crippen LogP contribution >= 0.6 is 11.6 Å². The van der Waals surface area contributed by atoms with Crippen molar-refractivity contribution < 1.29 is 27.0 Å². The van der Waals surface area contributed by atoms with E-state index in [1.165, 1.54) is 0 Å². The normalized spacial score (nSPS) is 21.0. The fourth-order valence-corrected chi connectivity index (χ4v) is 1.87. The molecule has 0 saturated heterocycles. The molecule has 1 atom stereocenters. The van der Waals surface area contributed by atoms with Gasteiger partial charge in [-0.2, -0.15) is 17.6 Å². The fraction of sp³-hybridized carbons (Fsp3) is 0.455. The van der Waals surface area contributed by atoms with Crippen molar-refractivity contribution in [2.24, 2.45) is 5.73 Å². The number of nitrogens with two attached hydrogens (primary N) is 1. The molecule has 1 aromatic rings. The van der Waals surface area contributed by atoms with Gasteiger partial charge < -0.3 is 15.2 Å². The van der Waals surface area contributed by atoms with E-state index in [-0.39, 0.29) is 17.5 Å². The Morgan fingerprint density at radius 1 is 1.16 bits per heavy atom. The molecule has 0 saturated carbocycles. The molecule has 19 heavy (non-hydrogen) atoms. The lowest BCUT2D eigenvalue weighted by atomic mass is 10.1. The highest BCUT2D eigenvalue weighted by Crippen LogP contribution is 2.48. The first-order valence-electron chi connectivity index (χ1n) is 5.34. The van der Waals surface area contributed by atoms with E-state index in [2.05, 4.69) is 9.47 Å². The molecule has 1 aliphatic heterocycles. The van der Waals surface area contributed by atoms with Crippen LogP contribution < -0.4 is 15.2 Å². The summed E-state index contributed by atoms with van der Waals surface area (Å²) in [5.74, 6) is -1.02. The highest BCUT2D eigenvalue weighted by atomic mass is 35.5. The number of halogens is 5. The van der Waals surface area contributed by atoms with Gasteiger partial charge in [-0.1, -0.05) is 11.6 Å². The largest absolute Gasteiger partial charge is 0.507 e. The average Bonchev–Trinajstić information content (AvgIpc) is 2.21. The van der Waals surface area contributed by atoms with Crippen molar-refractivity contribution in [3.05, 3.63) is 22.7 Å². The quantitative estimate of drug-likeness (QED) is 0.853. The van der Waals surface area contributed by atoms with Gasteiger partial charge in [-0.3, -0.25) is 0 Å². The smallest absolute Gasteiger partial charge is 0.421 e. The standard InChI is InChI=1S/C11H10ClF4NO2/c1-5(17)2-6-3-8-9(4-7(6)12)19-11(15,16)10(13,14)18-8/h3-5H,2,17H2,1H3. The Hall–Kier alpha value is -1.21. The molecule has 0 fully saturated rings. The Bertz CT molecular complexity index is 508. The number of benzene rings is 1. The summed E-state index contributed by atoms with van der Waals surface area (Å²) in [7, 11) is 0. The lowest BCUT2D eigenvalue weighted by Gasteiger charge is -2.32. The summed E-state index contributed by atoms with van der Waals surface area (Å²) in [6, 6.07) is 1.86. The van der Waals surface area contributed by atoms with Crippen LogP contribution in [-0.2, 0) is 6.42 Å². The predicted octanol–water partition coefficient (Wildman–Crippen LogP) is 3.19. The number of hydrogen-bond donors (Lipinski definition) is 1. The summed E-state index contributed by atoms with van der Waals surface area (Å²) in [4.78, 5) is 0. The maximum atomic E-state index is 13.0. The number of fused-ring (bicyclic) bond motifs is 1. The van der Waals surface area contributed by atoms with Crippen LogP contribution in [0, 0.1) is 0 Å². The summed E-state index contributed by atoms with van der Waals surface area (Å²) in [6.45, 7) is 1.69. The third-order valence-corrected chi connectivity index (χ3v) is 2.82. The Morgan fingerprint density at radius 2 is 1.63 bits per heavy atom. The zero-order valence-electron chi connectivity index (χ0n) is 9.72. The first-order chi connectivity index (χ1) is 8.62. The summed E-state index contributed by atoms with van der Waals surface area (Å²) < 4.78 is 59.8. The van der Waals surface area contributed by atoms with Crippen LogP contribution in [0.1, 0.15) is 12.5 Å². The number of alkyl halides is 4. The third kappa shape index (κ3) is 2.57. The Labute approximate surface area is 111 Å². The van der Waals surface area contributed by atoms with Crippen molar-refractivity contribution in [2.45, 2.75) is 31.6 Å². The molecule has 1 aliphatic rings. The van der Waals surface area contributed by atoms with Crippen LogP contribution in [0.3, 0.4) is 0 Å². The van der Waals surface area contributed by atoms with Crippen molar-refractivity contribution in [1.82, 2.24) is 0 Å². The lowest BCUT2D eigenvalue weighted by Crippen LogP contribution is -2.52. The van der Waals surface area contributed by atoms with Gasteiger partial charge in [-0.05, 0) is 25.0 Å². The van der Waals surface area contributed by atoms with Gasteiger partial charge in [-0.25, -0.2) is 0 Å². The maximum Gasteiger partial charge on any atom is 0.507 e. The minimum absolute atomic E-state index is 0.0978. The number of rotatable bonds is 2. The van der Waals surface area contributed by atoms with Gasteiger partial charge in [0.05, 0.1) is 0 Å². The van der Waals surface area contributed by atoms with Crippen molar-refractivity contribution in [2.75, 3.05) is 0 Å². The monoisotopic (exact) mass is 299 g/mol. The van der Waals surface area contributed by atoms with E-state index in [0.717, 1.165) is 12.1 Å². The minimum Gasteiger partial charge on any atom is -0.421 e.